The first kappa shape index (κ1) is 13.6. The van der Waals surface area contributed by atoms with Gasteiger partial charge in [-0.2, -0.15) is 0 Å². The van der Waals surface area contributed by atoms with Gasteiger partial charge in [-0.15, -0.1) is 0 Å². The van der Waals surface area contributed by atoms with Crippen molar-refractivity contribution < 1.29 is 9.13 Å². The van der Waals surface area contributed by atoms with Crippen LogP contribution in [0.15, 0.2) is 22.7 Å². The van der Waals surface area contributed by atoms with Crippen molar-refractivity contribution in [2.75, 3.05) is 19.8 Å². The third-order valence-corrected chi connectivity index (χ3v) is 2.91. The van der Waals surface area contributed by atoms with E-state index in [2.05, 4.69) is 21.2 Å². The summed E-state index contributed by atoms with van der Waals surface area (Å²) in [5, 5.41) is 3.22. The second-order valence-electron chi connectivity index (χ2n) is 3.41. The molecule has 90 valence electrons. The molecule has 1 aromatic carbocycles. The number of likely N-dealkylation sites (N-methyl/N-ethyl adjacent to an activating group) is 1. The van der Waals surface area contributed by atoms with Crippen LogP contribution in [-0.4, -0.2) is 19.8 Å². The molecule has 1 rings (SSSR count). The molecule has 0 amide bonds. The Hall–Kier alpha value is -0.450. The molecule has 0 bridgehead atoms. The zero-order chi connectivity index (χ0) is 12.0. The van der Waals surface area contributed by atoms with E-state index in [1.54, 1.807) is 12.1 Å². The quantitative estimate of drug-likeness (QED) is 0.868. The number of nitrogens with one attached hydrogen (secondary N) is 1. The smallest absolute Gasteiger partial charge is 0.142 e. The van der Waals surface area contributed by atoms with E-state index < -0.39 is 0 Å². The molecule has 1 N–H and O–H groups in total. The predicted molar refractivity (Wildman–Crippen MR) is 67.0 cm³/mol. The molecule has 0 heterocycles. The van der Waals surface area contributed by atoms with E-state index in [1.165, 1.54) is 0 Å². The Bertz CT molecular complexity index is 333. The number of hydrogen-bond acceptors (Lipinski definition) is 2. The summed E-state index contributed by atoms with van der Waals surface area (Å²) < 4.78 is 19.7. The molecule has 0 saturated carbocycles. The summed E-state index contributed by atoms with van der Waals surface area (Å²) in [6.07, 6.45) is 0. The first-order chi connectivity index (χ1) is 7.70. The summed E-state index contributed by atoms with van der Waals surface area (Å²) >= 11 is 3.19. The van der Waals surface area contributed by atoms with Gasteiger partial charge in [0, 0.05) is 12.2 Å². The van der Waals surface area contributed by atoms with Gasteiger partial charge in [0.2, 0.25) is 0 Å². The second kappa shape index (κ2) is 6.99. The van der Waals surface area contributed by atoms with E-state index in [0.717, 1.165) is 6.54 Å². The standard InChI is InChI=1S/C12H17BrFNO/c1-3-15-11(8-16-4-2)9-6-5-7-10(13)12(9)14/h5-7,11,15H,3-4,8H2,1-2H3. The van der Waals surface area contributed by atoms with E-state index in [0.29, 0.717) is 23.2 Å². The van der Waals surface area contributed by atoms with Gasteiger partial charge in [0.25, 0.3) is 0 Å². The first-order valence-electron chi connectivity index (χ1n) is 5.45. The highest BCUT2D eigenvalue weighted by atomic mass is 79.9. The molecule has 0 saturated heterocycles. The monoisotopic (exact) mass is 289 g/mol. The molecule has 0 aliphatic heterocycles. The molecule has 4 heteroatoms. The topological polar surface area (TPSA) is 21.3 Å². The van der Waals surface area contributed by atoms with Crippen molar-refractivity contribution in [3.8, 4) is 0 Å². The zero-order valence-corrected chi connectivity index (χ0v) is 11.2. The SMILES string of the molecule is CCNC(COCC)c1cccc(Br)c1F. The minimum Gasteiger partial charge on any atom is -0.380 e. The molecule has 2 nitrogen and oxygen atoms in total. The maximum atomic E-state index is 13.9. The van der Waals surface area contributed by atoms with E-state index in [9.17, 15) is 4.39 Å². The Labute approximate surface area is 104 Å². The fourth-order valence-corrected chi connectivity index (χ4v) is 1.91. The molecule has 1 unspecified atom stereocenters. The lowest BCUT2D eigenvalue weighted by Crippen LogP contribution is -2.26. The summed E-state index contributed by atoms with van der Waals surface area (Å²) in [4.78, 5) is 0. The lowest BCUT2D eigenvalue weighted by atomic mass is 10.1. The van der Waals surface area contributed by atoms with Gasteiger partial charge in [-0.05, 0) is 35.5 Å². The molecule has 0 aliphatic carbocycles. The zero-order valence-electron chi connectivity index (χ0n) is 9.59. The van der Waals surface area contributed by atoms with Crippen LogP contribution in [0.3, 0.4) is 0 Å². The predicted octanol–water partition coefficient (Wildman–Crippen LogP) is 3.28. The molecule has 0 aromatic heterocycles. The fraction of sp³-hybridized carbons (Fsp3) is 0.500. The van der Waals surface area contributed by atoms with Gasteiger partial charge in [-0.3, -0.25) is 0 Å². The number of halogens is 2. The first-order valence-corrected chi connectivity index (χ1v) is 6.25. The summed E-state index contributed by atoms with van der Waals surface area (Å²) in [7, 11) is 0. The van der Waals surface area contributed by atoms with Crippen molar-refractivity contribution >= 4 is 15.9 Å². The van der Waals surface area contributed by atoms with Crippen molar-refractivity contribution in [1.29, 1.82) is 0 Å². The van der Waals surface area contributed by atoms with Crippen LogP contribution in [0, 0.1) is 5.82 Å². The maximum absolute atomic E-state index is 13.9. The number of benzene rings is 1. The second-order valence-corrected chi connectivity index (χ2v) is 4.27. The highest BCUT2D eigenvalue weighted by Crippen LogP contribution is 2.24. The molecular formula is C12H17BrFNO. The summed E-state index contributed by atoms with van der Waals surface area (Å²) in [5.74, 6) is -0.215. The maximum Gasteiger partial charge on any atom is 0.142 e. The van der Waals surface area contributed by atoms with Gasteiger partial charge in [0.05, 0.1) is 17.1 Å². The van der Waals surface area contributed by atoms with E-state index in [4.69, 9.17) is 4.74 Å². The summed E-state index contributed by atoms with van der Waals surface area (Å²) in [6, 6.07) is 5.22. The average Bonchev–Trinajstić information content (AvgIpc) is 2.28. The lowest BCUT2D eigenvalue weighted by Gasteiger charge is -2.19. The third kappa shape index (κ3) is 3.54. The van der Waals surface area contributed by atoms with Crippen LogP contribution in [0.2, 0.25) is 0 Å². The van der Waals surface area contributed by atoms with Crippen molar-refractivity contribution in [3.63, 3.8) is 0 Å². The molecular weight excluding hydrogens is 273 g/mol. The summed E-state index contributed by atoms with van der Waals surface area (Å²) in [5.41, 5.74) is 0.643. The molecule has 0 spiro atoms. The van der Waals surface area contributed by atoms with Crippen LogP contribution in [-0.2, 0) is 4.74 Å². The lowest BCUT2D eigenvalue weighted by molar-refractivity contribution is 0.122. The molecule has 1 atom stereocenters. The van der Waals surface area contributed by atoms with Crippen molar-refractivity contribution in [1.82, 2.24) is 5.32 Å². The van der Waals surface area contributed by atoms with Gasteiger partial charge in [-0.25, -0.2) is 4.39 Å². The van der Waals surface area contributed by atoms with E-state index in [-0.39, 0.29) is 11.9 Å². The van der Waals surface area contributed by atoms with Crippen LogP contribution in [0.4, 0.5) is 4.39 Å². The number of rotatable bonds is 6. The van der Waals surface area contributed by atoms with Crippen LogP contribution in [0.1, 0.15) is 25.5 Å². The van der Waals surface area contributed by atoms with Gasteiger partial charge < -0.3 is 10.1 Å². The fourth-order valence-electron chi connectivity index (χ4n) is 1.53. The Balaban J connectivity index is 2.86. The molecule has 0 fully saturated rings. The van der Waals surface area contributed by atoms with Crippen LogP contribution < -0.4 is 5.32 Å². The van der Waals surface area contributed by atoms with Crippen molar-refractivity contribution in [3.05, 3.63) is 34.1 Å². The minimum atomic E-state index is -0.215. The van der Waals surface area contributed by atoms with Crippen LogP contribution in [0.5, 0.6) is 0 Å². The Morgan fingerprint density at radius 1 is 1.44 bits per heavy atom. The number of hydrogen-bond donors (Lipinski definition) is 1. The highest BCUT2D eigenvalue weighted by Gasteiger charge is 2.16. The normalized spacial score (nSPS) is 12.8. The highest BCUT2D eigenvalue weighted by molar-refractivity contribution is 9.10. The Morgan fingerprint density at radius 2 is 2.19 bits per heavy atom. The third-order valence-electron chi connectivity index (χ3n) is 2.30. The minimum absolute atomic E-state index is 0.0950. The molecule has 0 radical (unpaired) electrons. The van der Waals surface area contributed by atoms with Crippen molar-refractivity contribution in [2.24, 2.45) is 0 Å². The van der Waals surface area contributed by atoms with Gasteiger partial charge in [0.15, 0.2) is 0 Å². The van der Waals surface area contributed by atoms with Gasteiger partial charge in [0.1, 0.15) is 5.82 Å². The molecule has 0 aliphatic rings. The summed E-state index contributed by atoms with van der Waals surface area (Å²) in [6.45, 7) is 5.83. The van der Waals surface area contributed by atoms with Gasteiger partial charge >= 0.3 is 0 Å². The van der Waals surface area contributed by atoms with Crippen molar-refractivity contribution in [2.45, 2.75) is 19.9 Å². The average molecular weight is 290 g/mol. The number of ether oxygens (including phenoxy) is 1. The van der Waals surface area contributed by atoms with Crippen LogP contribution >= 0.6 is 15.9 Å². The molecule has 1 aromatic rings. The van der Waals surface area contributed by atoms with E-state index in [1.807, 2.05) is 19.9 Å². The Morgan fingerprint density at radius 3 is 2.81 bits per heavy atom. The molecule has 16 heavy (non-hydrogen) atoms. The van der Waals surface area contributed by atoms with Crippen LogP contribution in [0.25, 0.3) is 0 Å². The Kier molecular flexibility index (Phi) is 5.95. The van der Waals surface area contributed by atoms with E-state index >= 15 is 0 Å². The largest absolute Gasteiger partial charge is 0.380 e. The van der Waals surface area contributed by atoms with Gasteiger partial charge in [-0.1, -0.05) is 19.1 Å².